The van der Waals surface area contributed by atoms with Gasteiger partial charge in [-0.25, -0.2) is 4.79 Å². The Labute approximate surface area is 350 Å². The fourth-order valence-corrected chi connectivity index (χ4v) is 9.38. The lowest BCUT2D eigenvalue weighted by Gasteiger charge is -2.53. The van der Waals surface area contributed by atoms with Crippen LogP contribution in [0, 0.1) is 0 Å². The molecule has 2 saturated heterocycles. The Hall–Kier alpha value is -3.95. The number of carbonyl (C=O) groups is 1. The first kappa shape index (κ1) is 43.1. The van der Waals surface area contributed by atoms with Gasteiger partial charge in [-0.15, -0.1) is 0 Å². The SMILES string of the molecule is CC(C)(C)[Si](C)(C)O[C@@H]1[C@@H](NCc2ccccc2)[C@@H](O[C@H]2[C@H](O)[C@@H](O)[C@H](NCc3ccccc3)C[C@@H]2NCc2ccccc2)O[C@@H]2CN(Cc3ccccc3)C(=O)O[C@@H]12. The van der Waals surface area contributed by atoms with E-state index in [9.17, 15) is 15.0 Å². The first-order valence-corrected chi connectivity index (χ1v) is 23.9. The fourth-order valence-electron chi connectivity index (χ4n) is 8.07. The van der Waals surface area contributed by atoms with Crippen molar-refractivity contribution in [1.29, 1.82) is 0 Å². The molecule has 1 aliphatic carbocycles. The van der Waals surface area contributed by atoms with E-state index >= 15 is 0 Å². The molecular weight excluding hydrogens is 761 g/mol. The van der Waals surface area contributed by atoms with Crippen LogP contribution in [0.5, 0.6) is 0 Å². The normalized spacial score (nSPS) is 28.8. The van der Waals surface area contributed by atoms with Gasteiger partial charge in [0, 0.05) is 38.3 Å². The van der Waals surface area contributed by atoms with Gasteiger partial charge in [0.05, 0.1) is 18.7 Å². The van der Waals surface area contributed by atoms with Crippen LogP contribution < -0.4 is 16.0 Å². The van der Waals surface area contributed by atoms with Crippen molar-refractivity contribution < 1.29 is 33.6 Å². The van der Waals surface area contributed by atoms with Gasteiger partial charge in [-0.3, -0.25) is 0 Å². The van der Waals surface area contributed by atoms with E-state index in [0.717, 1.165) is 22.3 Å². The highest BCUT2D eigenvalue weighted by atomic mass is 28.4. The smallest absolute Gasteiger partial charge is 0.410 e. The standard InChI is InChI=1S/C47H62N4O7Si/c1-47(2,3)59(4,5)58-44-39(50-29-34-22-14-8-15-23-34)45(55-38-31-51(46(54)57-43(38)44)30-35-24-16-9-17-25-35)56-42-37(49-28-33-20-12-7-13-21-33)26-36(40(52)41(42)53)48-27-32-18-10-6-11-19-32/h6-25,36-45,48-50,52-53H,26-31H2,1-5H3/t36-,37+,38-,39-,40+,41-,42-,43-,44-,45-/m1/s1. The molecule has 0 spiro atoms. The molecule has 1 saturated carbocycles. The number of fused-ring (bicyclic) bond motifs is 1. The van der Waals surface area contributed by atoms with Crippen LogP contribution in [-0.2, 0) is 44.8 Å². The molecule has 10 atom stereocenters. The second-order valence-electron chi connectivity index (χ2n) is 17.8. The molecule has 0 bridgehead atoms. The molecule has 5 N–H and O–H groups in total. The highest BCUT2D eigenvalue weighted by molar-refractivity contribution is 6.74. The van der Waals surface area contributed by atoms with Crippen molar-refractivity contribution in [3.05, 3.63) is 144 Å². The zero-order chi connectivity index (χ0) is 41.6. The third-order valence-corrected chi connectivity index (χ3v) is 17.0. The number of hydrogen-bond acceptors (Lipinski definition) is 10. The minimum absolute atomic E-state index is 0.156. The van der Waals surface area contributed by atoms with E-state index < -0.39 is 69.4 Å². The van der Waals surface area contributed by atoms with Crippen LogP contribution in [0.3, 0.4) is 0 Å². The number of hydrogen-bond donors (Lipinski definition) is 5. The molecule has 7 rings (SSSR count). The lowest BCUT2D eigenvalue weighted by molar-refractivity contribution is -0.301. The van der Waals surface area contributed by atoms with Gasteiger partial charge in [0.25, 0.3) is 0 Å². The Morgan fingerprint density at radius 3 is 1.71 bits per heavy atom. The molecule has 3 aliphatic rings. The highest BCUT2D eigenvalue weighted by Crippen LogP contribution is 2.41. The Bertz CT molecular complexity index is 1910. The van der Waals surface area contributed by atoms with Gasteiger partial charge in [0.2, 0.25) is 0 Å². The predicted octanol–water partition coefficient (Wildman–Crippen LogP) is 6.11. The zero-order valence-electron chi connectivity index (χ0n) is 34.9. The highest BCUT2D eigenvalue weighted by Gasteiger charge is 2.56. The largest absolute Gasteiger partial charge is 0.440 e. The summed E-state index contributed by atoms with van der Waals surface area (Å²) in [6, 6.07) is 38.6. The number of nitrogens with zero attached hydrogens (tertiary/aromatic N) is 1. The van der Waals surface area contributed by atoms with Gasteiger partial charge < -0.3 is 49.7 Å². The molecule has 2 heterocycles. The van der Waals surface area contributed by atoms with Crippen LogP contribution in [0.4, 0.5) is 4.79 Å². The Kier molecular flexibility index (Phi) is 14.0. The number of nitrogens with one attached hydrogen (secondary N) is 3. The Morgan fingerprint density at radius 2 is 1.19 bits per heavy atom. The quantitative estimate of drug-likeness (QED) is 0.0896. The first-order chi connectivity index (χ1) is 28.4. The van der Waals surface area contributed by atoms with Crippen molar-refractivity contribution in [2.75, 3.05) is 6.54 Å². The van der Waals surface area contributed by atoms with Crippen molar-refractivity contribution in [3.63, 3.8) is 0 Å². The van der Waals surface area contributed by atoms with Crippen LogP contribution in [0.15, 0.2) is 121 Å². The van der Waals surface area contributed by atoms with Gasteiger partial charge in [0.1, 0.15) is 24.4 Å². The number of benzene rings is 4. The summed E-state index contributed by atoms with van der Waals surface area (Å²) in [5.41, 5.74) is 4.20. The third kappa shape index (κ3) is 10.7. The molecule has 0 radical (unpaired) electrons. The van der Waals surface area contributed by atoms with Crippen molar-refractivity contribution in [1.82, 2.24) is 20.9 Å². The van der Waals surface area contributed by atoms with Crippen LogP contribution in [0.1, 0.15) is 49.4 Å². The molecule has 2 aliphatic heterocycles. The van der Waals surface area contributed by atoms with Crippen molar-refractivity contribution >= 4 is 14.4 Å². The van der Waals surface area contributed by atoms with E-state index in [1.807, 2.05) is 97.1 Å². The lowest BCUT2D eigenvalue weighted by atomic mass is 9.83. The number of aliphatic hydroxyl groups excluding tert-OH is 2. The zero-order valence-corrected chi connectivity index (χ0v) is 35.9. The van der Waals surface area contributed by atoms with Gasteiger partial charge in [0.15, 0.2) is 20.7 Å². The van der Waals surface area contributed by atoms with Crippen LogP contribution in [0.2, 0.25) is 18.1 Å². The maximum atomic E-state index is 13.8. The number of ether oxygens (including phenoxy) is 3. The summed E-state index contributed by atoms with van der Waals surface area (Å²) in [7, 11) is -2.50. The average molecular weight is 823 g/mol. The molecule has 3 fully saturated rings. The summed E-state index contributed by atoms with van der Waals surface area (Å²) in [4.78, 5) is 15.5. The molecule has 4 aromatic rings. The monoisotopic (exact) mass is 822 g/mol. The molecule has 316 valence electrons. The van der Waals surface area contributed by atoms with E-state index in [1.165, 1.54) is 0 Å². The maximum absolute atomic E-state index is 13.8. The molecule has 1 amide bonds. The van der Waals surface area contributed by atoms with Crippen molar-refractivity contribution in [2.45, 2.75) is 133 Å². The van der Waals surface area contributed by atoms with E-state index in [4.69, 9.17) is 18.6 Å². The Balaban J connectivity index is 1.21. The van der Waals surface area contributed by atoms with Crippen LogP contribution in [0.25, 0.3) is 0 Å². The molecule has 59 heavy (non-hydrogen) atoms. The average Bonchev–Trinajstić information content (AvgIpc) is 3.23. The molecule has 0 unspecified atom stereocenters. The van der Waals surface area contributed by atoms with E-state index in [0.29, 0.717) is 32.6 Å². The lowest BCUT2D eigenvalue weighted by Crippen LogP contribution is -2.72. The topological polar surface area (TPSA) is 134 Å². The second-order valence-corrected chi connectivity index (χ2v) is 22.5. The van der Waals surface area contributed by atoms with Crippen molar-refractivity contribution in [3.8, 4) is 0 Å². The van der Waals surface area contributed by atoms with Gasteiger partial charge in [-0.2, -0.15) is 0 Å². The summed E-state index contributed by atoms with van der Waals surface area (Å²) in [6.45, 7) is 13.1. The summed E-state index contributed by atoms with van der Waals surface area (Å²) in [6.07, 6.45) is -6.12. The number of aliphatic hydroxyl groups is 2. The Morgan fingerprint density at radius 1 is 0.695 bits per heavy atom. The maximum Gasteiger partial charge on any atom is 0.410 e. The molecule has 11 nitrogen and oxygen atoms in total. The minimum atomic E-state index is -2.50. The van der Waals surface area contributed by atoms with E-state index in [1.54, 1.807) is 4.90 Å². The van der Waals surface area contributed by atoms with E-state index in [-0.39, 0.29) is 17.6 Å². The molecular formula is C47H62N4O7Si. The second kappa shape index (κ2) is 19.2. The van der Waals surface area contributed by atoms with Gasteiger partial charge >= 0.3 is 6.09 Å². The number of rotatable bonds is 15. The van der Waals surface area contributed by atoms with Crippen molar-refractivity contribution in [2.24, 2.45) is 0 Å². The number of amides is 1. The summed E-state index contributed by atoms with van der Waals surface area (Å²) in [5.74, 6) is 0. The number of carbonyl (C=O) groups excluding carboxylic acids is 1. The molecule has 0 aromatic heterocycles. The van der Waals surface area contributed by atoms with Gasteiger partial charge in [-0.05, 0) is 46.8 Å². The van der Waals surface area contributed by atoms with Crippen LogP contribution in [-0.4, -0.2) is 97.1 Å². The fraction of sp³-hybridized carbons (Fsp3) is 0.468. The minimum Gasteiger partial charge on any atom is -0.440 e. The summed E-state index contributed by atoms with van der Waals surface area (Å²) in [5, 5.41) is 34.6. The predicted molar refractivity (Wildman–Crippen MR) is 231 cm³/mol. The molecule has 12 heteroatoms. The summed E-state index contributed by atoms with van der Waals surface area (Å²) >= 11 is 0. The third-order valence-electron chi connectivity index (χ3n) is 12.5. The van der Waals surface area contributed by atoms with Gasteiger partial charge in [-0.1, -0.05) is 142 Å². The summed E-state index contributed by atoms with van der Waals surface area (Å²) < 4.78 is 27.7. The van der Waals surface area contributed by atoms with E-state index in [2.05, 4.69) is 74.1 Å². The molecule has 4 aromatic carbocycles. The first-order valence-electron chi connectivity index (χ1n) is 21.0. The van der Waals surface area contributed by atoms with Crippen LogP contribution >= 0.6 is 0 Å².